The van der Waals surface area contributed by atoms with Gasteiger partial charge in [-0.15, -0.1) is 0 Å². The Balaban J connectivity index is 1.60. The van der Waals surface area contributed by atoms with Gasteiger partial charge in [0.1, 0.15) is 17.6 Å². The Bertz CT molecular complexity index is 780. The molecule has 0 bridgehead atoms. The van der Waals surface area contributed by atoms with Crippen LogP contribution < -0.4 is 10.1 Å². The molecular weight excluding hydrogens is 314 g/mol. The molecule has 25 heavy (non-hydrogen) atoms. The van der Waals surface area contributed by atoms with E-state index in [1.807, 2.05) is 49.4 Å². The van der Waals surface area contributed by atoms with E-state index in [9.17, 15) is 4.79 Å². The normalized spacial score (nSPS) is 19.3. The third-order valence-corrected chi connectivity index (χ3v) is 5.08. The minimum Gasteiger partial charge on any atom is -0.456 e. The van der Waals surface area contributed by atoms with Crippen molar-refractivity contribution in [2.75, 3.05) is 0 Å². The molecule has 1 saturated carbocycles. The first-order chi connectivity index (χ1) is 12.2. The number of alkyl carbamates (subject to hydrolysis) is 1. The first-order valence-corrected chi connectivity index (χ1v) is 9.06. The summed E-state index contributed by atoms with van der Waals surface area (Å²) in [7, 11) is 0. The highest BCUT2D eigenvalue weighted by atomic mass is 16.6. The minimum absolute atomic E-state index is 0.0424. The van der Waals surface area contributed by atoms with Crippen LogP contribution in [0.1, 0.15) is 54.8 Å². The van der Waals surface area contributed by atoms with E-state index in [1.54, 1.807) is 0 Å². The average Bonchev–Trinajstić information content (AvgIpc) is 2.63. The lowest BCUT2D eigenvalue weighted by Gasteiger charge is -2.30. The summed E-state index contributed by atoms with van der Waals surface area (Å²) in [5.41, 5.74) is 2.99. The number of aryl methyl sites for hydroxylation is 1. The SMILES string of the molecule is Cc1cccc2c1Oc1ccccc1C2NC(=O)OC1CCCCC1. The highest BCUT2D eigenvalue weighted by Crippen LogP contribution is 2.44. The molecule has 0 aromatic heterocycles. The Morgan fingerprint density at radius 3 is 2.64 bits per heavy atom. The minimum atomic E-state index is -0.346. The Hall–Kier alpha value is -2.49. The lowest BCUT2D eigenvalue weighted by Crippen LogP contribution is -2.34. The fourth-order valence-electron chi connectivity index (χ4n) is 3.77. The van der Waals surface area contributed by atoms with Crippen LogP contribution in [0.15, 0.2) is 42.5 Å². The van der Waals surface area contributed by atoms with E-state index in [-0.39, 0.29) is 18.2 Å². The van der Waals surface area contributed by atoms with Crippen molar-refractivity contribution < 1.29 is 14.3 Å². The summed E-state index contributed by atoms with van der Waals surface area (Å²) in [5, 5.41) is 3.06. The van der Waals surface area contributed by atoms with Crippen molar-refractivity contribution in [2.45, 2.75) is 51.2 Å². The van der Waals surface area contributed by atoms with Crippen LogP contribution in [0, 0.1) is 6.92 Å². The highest BCUT2D eigenvalue weighted by Gasteiger charge is 2.30. The number of amides is 1. The molecule has 4 heteroatoms. The summed E-state index contributed by atoms with van der Waals surface area (Å²) < 4.78 is 11.7. The van der Waals surface area contributed by atoms with Crippen molar-refractivity contribution in [3.8, 4) is 11.5 Å². The van der Waals surface area contributed by atoms with Crippen molar-refractivity contribution in [2.24, 2.45) is 0 Å². The van der Waals surface area contributed by atoms with E-state index in [2.05, 4.69) is 5.32 Å². The Morgan fingerprint density at radius 2 is 1.80 bits per heavy atom. The van der Waals surface area contributed by atoms with Crippen LogP contribution in [0.5, 0.6) is 11.5 Å². The van der Waals surface area contributed by atoms with Crippen LogP contribution in [0.4, 0.5) is 4.79 Å². The fraction of sp³-hybridized carbons (Fsp3) is 0.381. The number of benzene rings is 2. The van der Waals surface area contributed by atoms with E-state index in [1.165, 1.54) is 6.42 Å². The van der Waals surface area contributed by atoms with Gasteiger partial charge in [-0.1, -0.05) is 42.8 Å². The Kier molecular flexibility index (Phi) is 4.35. The maximum Gasteiger partial charge on any atom is 0.408 e. The number of rotatable bonds is 2. The molecule has 130 valence electrons. The maximum absolute atomic E-state index is 12.5. The highest BCUT2D eigenvalue weighted by molar-refractivity contribution is 5.70. The molecular formula is C21H23NO3. The quantitative estimate of drug-likeness (QED) is 0.814. The third-order valence-electron chi connectivity index (χ3n) is 5.08. The van der Waals surface area contributed by atoms with Gasteiger partial charge in [-0.3, -0.25) is 0 Å². The molecule has 1 heterocycles. The molecule has 1 fully saturated rings. The molecule has 0 spiro atoms. The van der Waals surface area contributed by atoms with Gasteiger partial charge in [-0.2, -0.15) is 0 Å². The molecule has 1 N–H and O–H groups in total. The summed E-state index contributed by atoms with van der Waals surface area (Å²) in [6, 6.07) is 13.6. The summed E-state index contributed by atoms with van der Waals surface area (Å²) in [6.45, 7) is 2.02. The van der Waals surface area contributed by atoms with Gasteiger partial charge in [-0.25, -0.2) is 4.79 Å². The van der Waals surface area contributed by atoms with Crippen molar-refractivity contribution in [1.29, 1.82) is 0 Å². The van der Waals surface area contributed by atoms with Crippen LogP contribution >= 0.6 is 0 Å². The predicted octanol–water partition coefficient (Wildman–Crippen LogP) is 5.25. The number of ether oxygens (including phenoxy) is 2. The third kappa shape index (κ3) is 3.21. The first-order valence-electron chi connectivity index (χ1n) is 9.06. The van der Waals surface area contributed by atoms with Gasteiger partial charge in [0.25, 0.3) is 0 Å². The van der Waals surface area contributed by atoms with Crippen LogP contribution in [0.25, 0.3) is 0 Å². The second-order valence-electron chi connectivity index (χ2n) is 6.88. The zero-order chi connectivity index (χ0) is 17.2. The maximum atomic E-state index is 12.5. The van der Waals surface area contributed by atoms with E-state index < -0.39 is 0 Å². The number of fused-ring (bicyclic) bond motifs is 2. The van der Waals surface area contributed by atoms with Crippen LogP contribution in [0.2, 0.25) is 0 Å². The second-order valence-corrected chi connectivity index (χ2v) is 6.88. The Morgan fingerprint density at radius 1 is 1.04 bits per heavy atom. The zero-order valence-corrected chi connectivity index (χ0v) is 14.5. The molecule has 2 aromatic carbocycles. The molecule has 0 saturated heterocycles. The number of hydrogen-bond donors (Lipinski definition) is 1. The molecule has 0 radical (unpaired) electrons. The van der Waals surface area contributed by atoms with E-state index >= 15 is 0 Å². The van der Waals surface area contributed by atoms with Crippen molar-refractivity contribution >= 4 is 6.09 Å². The van der Waals surface area contributed by atoms with E-state index in [4.69, 9.17) is 9.47 Å². The molecule has 2 aromatic rings. The van der Waals surface area contributed by atoms with Crippen molar-refractivity contribution in [3.63, 3.8) is 0 Å². The number of hydrogen-bond acceptors (Lipinski definition) is 3. The summed E-state index contributed by atoms with van der Waals surface area (Å²) in [6.07, 6.45) is 5.14. The number of nitrogens with one attached hydrogen (secondary N) is 1. The van der Waals surface area contributed by atoms with Crippen LogP contribution in [-0.4, -0.2) is 12.2 Å². The smallest absolute Gasteiger partial charge is 0.408 e. The van der Waals surface area contributed by atoms with Crippen LogP contribution in [-0.2, 0) is 4.74 Å². The van der Waals surface area contributed by atoms with Gasteiger partial charge in [0.15, 0.2) is 0 Å². The van der Waals surface area contributed by atoms with Gasteiger partial charge in [-0.05, 0) is 44.2 Å². The molecule has 1 amide bonds. The monoisotopic (exact) mass is 337 g/mol. The lowest BCUT2D eigenvalue weighted by molar-refractivity contribution is 0.0735. The number of para-hydroxylation sites is 2. The molecule has 1 atom stereocenters. The molecule has 2 aliphatic rings. The summed E-state index contributed by atoms with van der Waals surface area (Å²) in [5.74, 6) is 1.61. The lowest BCUT2D eigenvalue weighted by atomic mass is 9.93. The largest absolute Gasteiger partial charge is 0.456 e. The molecule has 1 aliphatic heterocycles. The standard InChI is InChI=1S/C21H23NO3/c1-14-8-7-12-17-19(16-11-5-6-13-18(16)25-20(14)17)22-21(23)24-15-9-3-2-4-10-15/h5-8,11-13,15,19H,2-4,9-10H2,1H3,(H,22,23). The van der Waals surface area contributed by atoms with Crippen molar-refractivity contribution in [3.05, 3.63) is 59.2 Å². The van der Waals surface area contributed by atoms with Gasteiger partial charge in [0, 0.05) is 11.1 Å². The summed E-state index contributed by atoms with van der Waals surface area (Å²) >= 11 is 0. The second kappa shape index (κ2) is 6.79. The molecule has 4 nitrogen and oxygen atoms in total. The zero-order valence-electron chi connectivity index (χ0n) is 14.5. The van der Waals surface area contributed by atoms with Gasteiger partial charge < -0.3 is 14.8 Å². The average molecular weight is 337 g/mol. The van der Waals surface area contributed by atoms with Crippen molar-refractivity contribution in [1.82, 2.24) is 5.32 Å². The molecule has 1 aliphatic carbocycles. The van der Waals surface area contributed by atoms with Gasteiger partial charge in [0.05, 0.1) is 6.04 Å². The van der Waals surface area contributed by atoms with Crippen LogP contribution in [0.3, 0.4) is 0 Å². The first kappa shape index (κ1) is 16.0. The van der Waals surface area contributed by atoms with Gasteiger partial charge >= 0.3 is 6.09 Å². The number of carbonyl (C=O) groups is 1. The summed E-state index contributed by atoms with van der Waals surface area (Å²) in [4.78, 5) is 12.5. The van der Waals surface area contributed by atoms with Gasteiger partial charge in [0.2, 0.25) is 0 Å². The van der Waals surface area contributed by atoms with E-state index in [0.29, 0.717) is 0 Å². The Labute approximate surface area is 148 Å². The predicted molar refractivity (Wildman–Crippen MR) is 96.0 cm³/mol. The van der Waals surface area contributed by atoms with E-state index in [0.717, 1.165) is 53.9 Å². The topological polar surface area (TPSA) is 47.6 Å². The molecule has 4 rings (SSSR count). The molecule has 1 unspecified atom stereocenters. The fourth-order valence-corrected chi connectivity index (χ4v) is 3.77. The number of carbonyl (C=O) groups excluding carboxylic acids is 1.